The monoisotopic (exact) mass is 263 g/mol. The molecule has 1 fully saturated rings. The Kier molecular flexibility index (Phi) is 3.79. The zero-order valence-corrected chi connectivity index (χ0v) is 10.3. The summed E-state index contributed by atoms with van der Waals surface area (Å²) < 4.78 is 9.29. The van der Waals surface area contributed by atoms with Crippen molar-refractivity contribution >= 4 is 18.0 Å². The van der Waals surface area contributed by atoms with Crippen molar-refractivity contribution in [2.24, 2.45) is 0 Å². The summed E-state index contributed by atoms with van der Waals surface area (Å²) in [7, 11) is 0. The lowest BCUT2D eigenvalue weighted by molar-refractivity contribution is -0.148. The van der Waals surface area contributed by atoms with E-state index in [4.69, 9.17) is 4.74 Å². The number of carbonyl (C=O) groups excluding carboxylic acids is 3. The molecule has 0 bridgehead atoms. The Bertz CT molecular complexity index is 526. The van der Waals surface area contributed by atoms with E-state index in [1.807, 2.05) is 31.2 Å². The number of esters is 2. The van der Waals surface area contributed by atoms with Crippen LogP contribution in [0.5, 0.6) is 0 Å². The third-order valence-corrected chi connectivity index (χ3v) is 2.62. The van der Waals surface area contributed by atoms with Gasteiger partial charge in [0.1, 0.15) is 12.6 Å². The SMILES string of the molecule is Cc1cccc(COC(=O)C[C@@H]2NC(=O)OC2=O)c1. The Morgan fingerprint density at radius 1 is 1.42 bits per heavy atom. The van der Waals surface area contributed by atoms with Crippen LogP contribution in [0, 0.1) is 6.92 Å². The normalized spacial score (nSPS) is 17.8. The van der Waals surface area contributed by atoms with Crippen LogP contribution in [0.4, 0.5) is 4.79 Å². The molecule has 0 aliphatic carbocycles. The Balaban J connectivity index is 1.82. The quantitative estimate of drug-likeness (QED) is 0.649. The van der Waals surface area contributed by atoms with Gasteiger partial charge in [0.15, 0.2) is 0 Å². The van der Waals surface area contributed by atoms with E-state index in [9.17, 15) is 14.4 Å². The number of hydrogen-bond donors (Lipinski definition) is 1. The number of rotatable bonds is 4. The van der Waals surface area contributed by atoms with E-state index in [1.54, 1.807) is 0 Å². The Morgan fingerprint density at radius 3 is 2.84 bits per heavy atom. The van der Waals surface area contributed by atoms with Gasteiger partial charge in [0, 0.05) is 0 Å². The minimum absolute atomic E-state index is 0.135. The molecule has 6 nitrogen and oxygen atoms in total. The van der Waals surface area contributed by atoms with Crippen LogP contribution in [0.25, 0.3) is 0 Å². The molecule has 100 valence electrons. The summed E-state index contributed by atoms with van der Waals surface area (Å²) in [6.45, 7) is 2.08. The van der Waals surface area contributed by atoms with E-state index in [0.717, 1.165) is 11.1 Å². The van der Waals surface area contributed by atoms with Crippen molar-refractivity contribution in [3.63, 3.8) is 0 Å². The summed E-state index contributed by atoms with van der Waals surface area (Å²) in [5.74, 6) is -1.32. The molecule has 1 aromatic carbocycles. The van der Waals surface area contributed by atoms with Crippen LogP contribution >= 0.6 is 0 Å². The Labute approximate surface area is 109 Å². The molecule has 1 heterocycles. The fourth-order valence-corrected chi connectivity index (χ4v) is 1.72. The van der Waals surface area contributed by atoms with E-state index in [2.05, 4.69) is 10.1 Å². The molecule has 1 N–H and O–H groups in total. The number of nitrogens with one attached hydrogen (secondary N) is 1. The Morgan fingerprint density at radius 2 is 2.21 bits per heavy atom. The van der Waals surface area contributed by atoms with Crippen molar-refractivity contribution in [3.05, 3.63) is 35.4 Å². The van der Waals surface area contributed by atoms with Crippen molar-refractivity contribution in [3.8, 4) is 0 Å². The van der Waals surface area contributed by atoms with E-state index in [0.29, 0.717) is 0 Å². The maximum atomic E-state index is 11.5. The molecule has 1 aliphatic heterocycles. The number of aryl methyl sites for hydroxylation is 1. The van der Waals surface area contributed by atoms with Crippen LogP contribution in [-0.2, 0) is 25.7 Å². The summed E-state index contributed by atoms with van der Waals surface area (Å²) in [5.41, 5.74) is 1.94. The van der Waals surface area contributed by atoms with Gasteiger partial charge in [-0.25, -0.2) is 9.59 Å². The highest BCUT2D eigenvalue weighted by atomic mass is 16.6. The number of benzene rings is 1. The van der Waals surface area contributed by atoms with E-state index < -0.39 is 24.1 Å². The van der Waals surface area contributed by atoms with Gasteiger partial charge in [0.25, 0.3) is 0 Å². The predicted octanol–water partition coefficient (Wildman–Crippen LogP) is 1.06. The maximum absolute atomic E-state index is 11.5. The molecule has 2 rings (SSSR count). The van der Waals surface area contributed by atoms with Crippen molar-refractivity contribution in [1.29, 1.82) is 0 Å². The molecule has 0 aromatic heterocycles. The second-order valence-corrected chi connectivity index (χ2v) is 4.26. The summed E-state index contributed by atoms with van der Waals surface area (Å²) >= 11 is 0. The maximum Gasteiger partial charge on any atom is 0.415 e. The number of ether oxygens (including phenoxy) is 2. The fourth-order valence-electron chi connectivity index (χ4n) is 1.72. The summed E-state index contributed by atoms with van der Waals surface area (Å²) in [6.07, 6.45) is -1.06. The first-order valence-corrected chi connectivity index (χ1v) is 5.78. The number of cyclic esters (lactones) is 2. The van der Waals surface area contributed by atoms with E-state index in [1.165, 1.54) is 0 Å². The number of hydrogen-bond acceptors (Lipinski definition) is 5. The smallest absolute Gasteiger partial charge is 0.415 e. The second kappa shape index (κ2) is 5.51. The second-order valence-electron chi connectivity index (χ2n) is 4.26. The van der Waals surface area contributed by atoms with Gasteiger partial charge in [-0.15, -0.1) is 0 Å². The zero-order valence-electron chi connectivity index (χ0n) is 10.3. The fraction of sp³-hybridized carbons (Fsp3) is 0.308. The lowest BCUT2D eigenvalue weighted by atomic mass is 10.1. The number of amides is 1. The van der Waals surface area contributed by atoms with Crippen LogP contribution < -0.4 is 5.32 Å². The average Bonchev–Trinajstić information content (AvgIpc) is 2.65. The molecule has 0 radical (unpaired) electrons. The van der Waals surface area contributed by atoms with Crippen molar-refractivity contribution in [1.82, 2.24) is 5.32 Å². The van der Waals surface area contributed by atoms with Crippen LogP contribution in [-0.4, -0.2) is 24.1 Å². The molecule has 19 heavy (non-hydrogen) atoms. The van der Waals surface area contributed by atoms with Crippen molar-refractivity contribution in [2.45, 2.75) is 26.0 Å². The van der Waals surface area contributed by atoms with Crippen LogP contribution in [0.1, 0.15) is 17.5 Å². The first kappa shape index (κ1) is 13.1. The standard InChI is InChI=1S/C13H13NO5/c1-8-3-2-4-9(5-8)7-18-11(15)6-10-12(16)19-13(17)14-10/h2-5,10H,6-7H2,1H3,(H,14,17)/t10-/m0/s1. The molecular weight excluding hydrogens is 250 g/mol. The van der Waals surface area contributed by atoms with Gasteiger partial charge in [-0.2, -0.15) is 0 Å². The summed E-state index contributed by atoms with van der Waals surface area (Å²) in [5, 5.41) is 2.23. The first-order chi connectivity index (χ1) is 9.04. The minimum Gasteiger partial charge on any atom is -0.461 e. The molecule has 0 saturated carbocycles. The lowest BCUT2D eigenvalue weighted by Crippen LogP contribution is -2.31. The van der Waals surface area contributed by atoms with Gasteiger partial charge < -0.3 is 14.8 Å². The summed E-state index contributed by atoms with van der Waals surface area (Å²) in [6, 6.07) is 6.60. The van der Waals surface area contributed by atoms with Gasteiger partial charge in [0.05, 0.1) is 6.42 Å². The molecule has 0 unspecified atom stereocenters. The van der Waals surface area contributed by atoms with Gasteiger partial charge in [-0.3, -0.25) is 4.79 Å². The lowest BCUT2D eigenvalue weighted by Gasteiger charge is -2.07. The highest BCUT2D eigenvalue weighted by Crippen LogP contribution is 2.09. The van der Waals surface area contributed by atoms with Crippen LogP contribution in [0.3, 0.4) is 0 Å². The van der Waals surface area contributed by atoms with Gasteiger partial charge >= 0.3 is 18.0 Å². The first-order valence-electron chi connectivity index (χ1n) is 5.78. The largest absolute Gasteiger partial charge is 0.461 e. The molecule has 1 amide bonds. The predicted molar refractivity (Wildman–Crippen MR) is 64.0 cm³/mol. The van der Waals surface area contributed by atoms with Crippen molar-refractivity contribution in [2.75, 3.05) is 0 Å². The molecule has 6 heteroatoms. The van der Waals surface area contributed by atoms with E-state index >= 15 is 0 Å². The summed E-state index contributed by atoms with van der Waals surface area (Å²) in [4.78, 5) is 33.4. The van der Waals surface area contributed by atoms with Crippen LogP contribution in [0.2, 0.25) is 0 Å². The third-order valence-electron chi connectivity index (χ3n) is 2.62. The van der Waals surface area contributed by atoms with Gasteiger partial charge in [0.2, 0.25) is 0 Å². The molecule has 0 spiro atoms. The topological polar surface area (TPSA) is 81.7 Å². The molecule has 1 saturated heterocycles. The van der Waals surface area contributed by atoms with Crippen molar-refractivity contribution < 1.29 is 23.9 Å². The highest BCUT2D eigenvalue weighted by molar-refractivity contribution is 5.97. The minimum atomic E-state index is -0.947. The number of carbonyl (C=O) groups is 3. The van der Waals surface area contributed by atoms with Gasteiger partial charge in [-0.1, -0.05) is 29.8 Å². The Hall–Kier alpha value is -2.37. The molecule has 1 aromatic rings. The number of alkyl carbamates (subject to hydrolysis) is 1. The molecule has 1 aliphatic rings. The highest BCUT2D eigenvalue weighted by Gasteiger charge is 2.34. The van der Waals surface area contributed by atoms with Gasteiger partial charge in [-0.05, 0) is 12.5 Å². The average molecular weight is 263 g/mol. The zero-order chi connectivity index (χ0) is 13.8. The van der Waals surface area contributed by atoms with E-state index in [-0.39, 0.29) is 13.0 Å². The van der Waals surface area contributed by atoms with Crippen LogP contribution in [0.15, 0.2) is 24.3 Å². The third kappa shape index (κ3) is 3.54. The molecular formula is C13H13NO5. The molecule has 1 atom stereocenters.